The van der Waals surface area contributed by atoms with Gasteiger partial charge in [0.2, 0.25) is 0 Å². The molecular weight excluding hydrogens is 696 g/mol. The standard InChI is InChI=1S/C25H18ClF5IN3O4S/c1-24(2,3)39-23(37)35-21-12(9-33)14-10(5-6-13(27)20(14)40-21)15-16(26)11(7-8-38-4)18(32)19(17(15)28)34-22(36)25(29,30)31/h5-8H,1-4H3,(H,34,36)(H,35,37). The molecule has 0 spiro atoms. The van der Waals surface area contributed by atoms with Gasteiger partial charge in [-0.15, -0.1) is 11.3 Å². The van der Waals surface area contributed by atoms with Gasteiger partial charge >= 0.3 is 18.2 Å². The Kier molecular flexibility index (Phi) is 9.22. The number of rotatable bonds is 5. The van der Waals surface area contributed by atoms with Crippen molar-refractivity contribution in [1.82, 2.24) is 0 Å². The van der Waals surface area contributed by atoms with Gasteiger partial charge in [-0.25, -0.2) is 13.6 Å². The maximum absolute atomic E-state index is 16.0. The van der Waals surface area contributed by atoms with Crippen LogP contribution in [-0.4, -0.2) is 30.9 Å². The molecule has 0 saturated heterocycles. The molecule has 40 heavy (non-hydrogen) atoms. The fraction of sp³-hybridized carbons (Fsp3) is 0.240. The van der Waals surface area contributed by atoms with E-state index in [1.54, 1.807) is 20.8 Å². The highest BCUT2D eigenvalue weighted by Gasteiger charge is 2.40. The largest absolute Gasteiger partial charge is 0.504 e. The Morgan fingerprint density at radius 1 is 1.18 bits per heavy atom. The maximum Gasteiger partial charge on any atom is 0.471 e. The first-order valence-corrected chi connectivity index (χ1v) is 13.2. The van der Waals surface area contributed by atoms with Gasteiger partial charge in [-0.1, -0.05) is 17.7 Å². The average molecular weight is 714 g/mol. The molecule has 0 unspecified atom stereocenters. The minimum Gasteiger partial charge on any atom is -0.504 e. The van der Waals surface area contributed by atoms with Crippen molar-refractivity contribution in [2.24, 2.45) is 0 Å². The van der Waals surface area contributed by atoms with E-state index in [0.717, 1.165) is 18.4 Å². The third-order valence-corrected chi connectivity index (χ3v) is 7.63. The van der Waals surface area contributed by atoms with Crippen LogP contribution < -0.4 is 10.6 Å². The summed E-state index contributed by atoms with van der Waals surface area (Å²) in [5.41, 5.74) is -2.77. The lowest BCUT2D eigenvalue weighted by Gasteiger charge is -2.19. The summed E-state index contributed by atoms with van der Waals surface area (Å²) in [6.07, 6.45) is -3.94. The topological polar surface area (TPSA) is 100 Å². The van der Waals surface area contributed by atoms with E-state index in [1.807, 2.05) is 6.07 Å². The van der Waals surface area contributed by atoms with Gasteiger partial charge in [-0.2, -0.15) is 18.4 Å². The van der Waals surface area contributed by atoms with Crippen LogP contribution in [0.25, 0.3) is 27.3 Å². The number of benzene rings is 2. The van der Waals surface area contributed by atoms with Crippen molar-refractivity contribution >= 4 is 84.4 Å². The van der Waals surface area contributed by atoms with Gasteiger partial charge in [-0.05, 0) is 61.1 Å². The van der Waals surface area contributed by atoms with Crippen molar-refractivity contribution in [3.05, 3.63) is 49.7 Å². The molecule has 0 aliphatic carbocycles. The molecule has 3 aromatic rings. The molecule has 1 aromatic heterocycles. The van der Waals surface area contributed by atoms with E-state index in [0.29, 0.717) is 11.3 Å². The van der Waals surface area contributed by atoms with Crippen LogP contribution in [0.4, 0.5) is 37.4 Å². The molecule has 2 aromatic carbocycles. The summed E-state index contributed by atoms with van der Waals surface area (Å²) in [6, 6.07) is 3.87. The average Bonchev–Trinajstić information content (AvgIpc) is 3.19. The van der Waals surface area contributed by atoms with Crippen LogP contribution in [0.15, 0.2) is 18.4 Å². The third kappa shape index (κ3) is 6.42. The Balaban J connectivity index is 2.38. The number of amides is 2. The predicted octanol–water partition coefficient (Wildman–Crippen LogP) is 8.44. The Hall–Kier alpha value is -3.16. The number of carbonyl (C=O) groups is 2. The highest BCUT2D eigenvalue weighted by atomic mass is 127. The van der Waals surface area contributed by atoms with Crippen LogP contribution >= 0.6 is 45.5 Å². The Morgan fingerprint density at radius 2 is 1.82 bits per heavy atom. The second kappa shape index (κ2) is 11.8. The lowest BCUT2D eigenvalue weighted by Crippen LogP contribution is -2.31. The van der Waals surface area contributed by atoms with E-state index in [1.165, 1.54) is 41.1 Å². The van der Waals surface area contributed by atoms with Crippen LogP contribution in [0.1, 0.15) is 31.9 Å². The van der Waals surface area contributed by atoms with Gasteiger partial charge < -0.3 is 14.8 Å². The molecule has 0 saturated carbocycles. The first-order valence-electron chi connectivity index (χ1n) is 10.9. The summed E-state index contributed by atoms with van der Waals surface area (Å²) < 4.78 is 79.8. The fourth-order valence-corrected chi connectivity index (χ4v) is 5.86. The maximum atomic E-state index is 16.0. The first kappa shape index (κ1) is 31.4. The number of nitrogens with one attached hydrogen (secondary N) is 2. The zero-order valence-corrected chi connectivity index (χ0v) is 24.7. The lowest BCUT2D eigenvalue weighted by atomic mass is 9.96. The molecule has 0 atom stereocenters. The number of hydrogen-bond acceptors (Lipinski definition) is 6. The van der Waals surface area contributed by atoms with Crippen LogP contribution in [0.5, 0.6) is 0 Å². The summed E-state index contributed by atoms with van der Waals surface area (Å²) in [5.74, 6) is -4.64. The highest BCUT2D eigenvalue weighted by molar-refractivity contribution is 14.1. The first-order chi connectivity index (χ1) is 18.5. The predicted molar refractivity (Wildman–Crippen MR) is 150 cm³/mol. The van der Waals surface area contributed by atoms with E-state index in [2.05, 4.69) is 5.32 Å². The number of methoxy groups -OCH3 is 1. The number of anilines is 2. The second-order valence-electron chi connectivity index (χ2n) is 8.94. The normalized spacial score (nSPS) is 11.9. The number of hydrogen-bond donors (Lipinski definition) is 2. The highest BCUT2D eigenvalue weighted by Crippen LogP contribution is 2.48. The summed E-state index contributed by atoms with van der Waals surface area (Å²) in [4.78, 5) is 24.1. The van der Waals surface area contributed by atoms with Crippen LogP contribution in [0, 0.1) is 26.5 Å². The molecule has 0 aliphatic rings. The molecule has 2 amide bonds. The van der Waals surface area contributed by atoms with Gasteiger partial charge in [0.25, 0.3) is 0 Å². The van der Waals surface area contributed by atoms with Crippen molar-refractivity contribution in [2.75, 3.05) is 17.7 Å². The number of ether oxygens (including phenoxy) is 2. The SMILES string of the molecule is COC=Cc1c(Cl)c(-c2ccc(F)c3sc(NC(=O)OC(C)(C)C)c(C#N)c23)c(F)c(NC(=O)C(F)(F)F)c1I. The molecule has 0 fully saturated rings. The van der Waals surface area contributed by atoms with E-state index in [-0.39, 0.29) is 40.4 Å². The molecule has 0 bridgehead atoms. The smallest absolute Gasteiger partial charge is 0.471 e. The number of halogens is 7. The minimum atomic E-state index is -5.34. The number of nitrogens with zero attached hydrogens (tertiary/aromatic N) is 1. The Morgan fingerprint density at radius 3 is 2.38 bits per heavy atom. The van der Waals surface area contributed by atoms with Crippen molar-refractivity contribution in [3.63, 3.8) is 0 Å². The van der Waals surface area contributed by atoms with E-state index in [4.69, 9.17) is 21.1 Å². The number of alkyl halides is 3. The molecule has 15 heteroatoms. The molecule has 3 rings (SSSR count). The van der Waals surface area contributed by atoms with Crippen molar-refractivity contribution in [3.8, 4) is 17.2 Å². The summed E-state index contributed by atoms with van der Waals surface area (Å²) in [7, 11) is 1.28. The number of fused-ring (bicyclic) bond motifs is 1. The minimum absolute atomic E-state index is 0.0312. The monoisotopic (exact) mass is 713 g/mol. The quantitative estimate of drug-likeness (QED) is 0.157. The molecule has 0 aliphatic heterocycles. The second-order valence-corrected chi connectivity index (χ2v) is 11.4. The summed E-state index contributed by atoms with van der Waals surface area (Å²) in [6.45, 7) is 4.81. The molecule has 0 radical (unpaired) electrons. The van der Waals surface area contributed by atoms with Gasteiger partial charge in [0.1, 0.15) is 22.5 Å². The molecular formula is C25H18ClF5IN3O4S. The van der Waals surface area contributed by atoms with Crippen LogP contribution in [-0.2, 0) is 14.3 Å². The van der Waals surface area contributed by atoms with Crippen LogP contribution in [0.2, 0.25) is 5.02 Å². The van der Waals surface area contributed by atoms with Gasteiger partial charge in [0.15, 0.2) is 5.82 Å². The van der Waals surface area contributed by atoms with Crippen molar-refractivity contribution in [1.29, 1.82) is 5.26 Å². The third-order valence-electron chi connectivity index (χ3n) is 5.00. The summed E-state index contributed by atoms with van der Waals surface area (Å²) >= 11 is 8.71. The zero-order valence-electron chi connectivity index (χ0n) is 20.9. The molecule has 212 valence electrons. The van der Waals surface area contributed by atoms with Gasteiger partial charge in [0, 0.05) is 20.1 Å². The van der Waals surface area contributed by atoms with E-state index in [9.17, 15) is 32.4 Å². The molecule has 1 heterocycles. The number of nitriles is 1. The Labute approximate surface area is 247 Å². The number of thiophene rings is 1. The number of carbonyl (C=O) groups excluding carboxylic acids is 2. The van der Waals surface area contributed by atoms with Gasteiger partial charge in [0.05, 0.1) is 34.3 Å². The lowest BCUT2D eigenvalue weighted by molar-refractivity contribution is -0.167. The zero-order chi connectivity index (χ0) is 30.2. The van der Waals surface area contributed by atoms with E-state index < -0.39 is 46.7 Å². The van der Waals surface area contributed by atoms with Crippen molar-refractivity contribution in [2.45, 2.75) is 32.5 Å². The van der Waals surface area contributed by atoms with E-state index >= 15 is 4.39 Å². The molecule has 2 N–H and O–H groups in total. The van der Waals surface area contributed by atoms with Crippen molar-refractivity contribution < 1.29 is 41.0 Å². The fourth-order valence-electron chi connectivity index (χ4n) is 3.47. The Bertz CT molecular complexity index is 1590. The van der Waals surface area contributed by atoms with Crippen LogP contribution in [0.3, 0.4) is 0 Å². The summed E-state index contributed by atoms with van der Waals surface area (Å²) in [5, 5.41) is 13.2. The van der Waals surface area contributed by atoms with Gasteiger partial charge in [-0.3, -0.25) is 10.1 Å². The molecule has 7 nitrogen and oxygen atoms in total.